The predicted molar refractivity (Wildman–Crippen MR) is 79.8 cm³/mol. The van der Waals surface area contributed by atoms with E-state index < -0.39 is 0 Å². The summed E-state index contributed by atoms with van der Waals surface area (Å²) in [5.74, 6) is 0.675. The largest absolute Gasteiger partial charge is 0.329 e. The van der Waals surface area contributed by atoms with Crippen LogP contribution in [-0.2, 0) is 0 Å². The molecule has 0 amide bonds. The van der Waals surface area contributed by atoms with Gasteiger partial charge in [-0.05, 0) is 37.3 Å². The highest BCUT2D eigenvalue weighted by atomic mass is 15.1. The third-order valence-corrected chi connectivity index (χ3v) is 4.76. The Kier molecular flexibility index (Phi) is 5.63. The van der Waals surface area contributed by atoms with E-state index in [2.05, 4.69) is 44.8 Å². The normalized spacial score (nSPS) is 31.2. The summed E-state index contributed by atoms with van der Waals surface area (Å²) in [5.41, 5.74) is 6.68. The molecule has 3 nitrogen and oxygen atoms in total. The predicted octanol–water partition coefficient (Wildman–Crippen LogP) is 2.07. The maximum absolute atomic E-state index is 6.09. The quantitative estimate of drug-likeness (QED) is 0.732. The van der Waals surface area contributed by atoms with Gasteiger partial charge in [-0.25, -0.2) is 0 Å². The van der Waals surface area contributed by atoms with Gasteiger partial charge in [0, 0.05) is 25.2 Å². The lowest BCUT2D eigenvalue weighted by molar-refractivity contribution is 0.229. The summed E-state index contributed by atoms with van der Waals surface area (Å²) in [6.45, 7) is 16.7. The lowest BCUT2D eigenvalue weighted by atomic mass is 9.86. The number of likely N-dealkylation sites (N-methyl/N-ethyl adjacent to an activating group) is 1. The van der Waals surface area contributed by atoms with Gasteiger partial charge in [0.2, 0.25) is 0 Å². The summed E-state index contributed by atoms with van der Waals surface area (Å²) in [6.07, 6.45) is 2.48. The highest BCUT2D eigenvalue weighted by Crippen LogP contribution is 2.46. The first-order valence-electron chi connectivity index (χ1n) is 7.56. The topological polar surface area (TPSA) is 41.3 Å². The molecular weight excluding hydrogens is 222 g/mol. The van der Waals surface area contributed by atoms with Crippen LogP contribution in [0.25, 0.3) is 0 Å². The maximum atomic E-state index is 6.09. The molecule has 0 aromatic rings. The van der Waals surface area contributed by atoms with E-state index in [0.717, 1.165) is 32.7 Å². The average molecular weight is 255 g/mol. The molecule has 0 bridgehead atoms. The van der Waals surface area contributed by atoms with Gasteiger partial charge in [0.15, 0.2) is 0 Å². The molecule has 3 N–H and O–H groups in total. The van der Waals surface area contributed by atoms with Gasteiger partial charge in [0.05, 0.1) is 0 Å². The van der Waals surface area contributed by atoms with Crippen LogP contribution in [0.15, 0.2) is 0 Å². The summed E-state index contributed by atoms with van der Waals surface area (Å²) in [4.78, 5) is 2.46. The van der Waals surface area contributed by atoms with Crippen LogP contribution in [0.2, 0.25) is 0 Å². The molecule has 1 saturated carbocycles. The Balaban J connectivity index is 2.51. The highest BCUT2D eigenvalue weighted by molar-refractivity contribution is 5.04. The van der Waals surface area contributed by atoms with E-state index in [9.17, 15) is 0 Å². The number of hydrogen-bond acceptors (Lipinski definition) is 3. The highest BCUT2D eigenvalue weighted by Gasteiger charge is 2.47. The van der Waals surface area contributed by atoms with Crippen LogP contribution in [0.4, 0.5) is 0 Å². The molecule has 0 aromatic carbocycles. The van der Waals surface area contributed by atoms with Crippen molar-refractivity contribution in [2.24, 2.45) is 17.1 Å². The fourth-order valence-electron chi connectivity index (χ4n) is 3.71. The molecule has 0 radical (unpaired) electrons. The van der Waals surface area contributed by atoms with Crippen molar-refractivity contribution in [2.75, 3.05) is 32.7 Å². The second kappa shape index (κ2) is 6.36. The lowest BCUT2D eigenvalue weighted by Crippen LogP contribution is -2.55. The molecule has 0 aromatic heterocycles. The zero-order chi connectivity index (χ0) is 13.8. The van der Waals surface area contributed by atoms with Crippen molar-refractivity contribution in [3.8, 4) is 0 Å². The van der Waals surface area contributed by atoms with Crippen LogP contribution < -0.4 is 11.1 Å². The molecule has 0 saturated heterocycles. The molecule has 0 aliphatic heterocycles. The minimum Gasteiger partial charge on any atom is -0.329 e. The van der Waals surface area contributed by atoms with Crippen molar-refractivity contribution >= 4 is 0 Å². The minimum absolute atomic E-state index is 0.163. The second-order valence-corrected chi connectivity index (χ2v) is 6.76. The van der Waals surface area contributed by atoms with E-state index in [1.807, 2.05) is 0 Å². The molecule has 1 rings (SSSR count). The van der Waals surface area contributed by atoms with Gasteiger partial charge in [-0.15, -0.1) is 0 Å². The first-order chi connectivity index (χ1) is 8.39. The van der Waals surface area contributed by atoms with Gasteiger partial charge in [-0.1, -0.05) is 34.6 Å². The van der Waals surface area contributed by atoms with E-state index in [1.54, 1.807) is 0 Å². The van der Waals surface area contributed by atoms with Crippen molar-refractivity contribution in [1.82, 2.24) is 10.2 Å². The Morgan fingerprint density at radius 3 is 2.28 bits per heavy atom. The van der Waals surface area contributed by atoms with Gasteiger partial charge >= 0.3 is 0 Å². The maximum Gasteiger partial charge on any atom is 0.0335 e. The molecule has 0 spiro atoms. The standard InChI is InChI=1S/C15H33N3/c1-6-18(7-2)9-8-17-15(12-16)11-14(4,5)10-13(15)3/h13,17H,6-12,16H2,1-5H3. The average Bonchev–Trinajstić information content (AvgIpc) is 2.55. The third kappa shape index (κ3) is 3.69. The summed E-state index contributed by atoms with van der Waals surface area (Å²) in [5, 5.41) is 3.78. The van der Waals surface area contributed by atoms with E-state index in [1.165, 1.54) is 12.8 Å². The number of nitrogens with two attached hydrogens (primary N) is 1. The van der Waals surface area contributed by atoms with Crippen LogP contribution in [0, 0.1) is 11.3 Å². The van der Waals surface area contributed by atoms with Crippen LogP contribution in [-0.4, -0.2) is 43.2 Å². The van der Waals surface area contributed by atoms with Crippen molar-refractivity contribution < 1.29 is 0 Å². The number of hydrogen-bond donors (Lipinski definition) is 2. The number of nitrogens with zero attached hydrogens (tertiary/aromatic N) is 1. The lowest BCUT2D eigenvalue weighted by Gasteiger charge is -2.35. The Morgan fingerprint density at radius 1 is 1.28 bits per heavy atom. The van der Waals surface area contributed by atoms with E-state index in [0.29, 0.717) is 11.3 Å². The molecule has 2 unspecified atom stereocenters. The van der Waals surface area contributed by atoms with Gasteiger partial charge in [0.25, 0.3) is 0 Å². The molecule has 0 heterocycles. The zero-order valence-electron chi connectivity index (χ0n) is 13.1. The molecule has 1 aliphatic carbocycles. The summed E-state index contributed by atoms with van der Waals surface area (Å²) in [6, 6.07) is 0. The van der Waals surface area contributed by atoms with Crippen LogP contribution >= 0.6 is 0 Å². The SMILES string of the molecule is CCN(CC)CCNC1(CN)CC(C)(C)CC1C. The van der Waals surface area contributed by atoms with Gasteiger partial charge in [-0.3, -0.25) is 0 Å². The van der Waals surface area contributed by atoms with E-state index in [-0.39, 0.29) is 5.54 Å². The smallest absolute Gasteiger partial charge is 0.0335 e. The number of nitrogens with one attached hydrogen (secondary N) is 1. The van der Waals surface area contributed by atoms with Crippen molar-refractivity contribution in [3.05, 3.63) is 0 Å². The van der Waals surface area contributed by atoms with E-state index >= 15 is 0 Å². The molecule has 3 heteroatoms. The fraction of sp³-hybridized carbons (Fsp3) is 1.00. The Bertz CT molecular complexity index is 248. The molecule has 1 fully saturated rings. The third-order valence-electron chi connectivity index (χ3n) is 4.76. The summed E-state index contributed by atoms with van der Waals surface area (Å²) < 4.78 is 0. The molecular formula is C15H33N3. The van der Waals surface area contributed by atoms with Crippen molar-refractivity contribution in [3.63, 3.8) is 0 Å². The molecule has 108 valence electrons. The van der Waals surface area contributed by atoms with Gasteiger partial charge in [-0.2, -0.15) is 0 Å². The Hall–Kier alpha value is -0.120. The van der Waals surface area contributed by atoms with Gasteiger partial charge in [0.1, 0.15) is 0 Å². The van der Waals surface area contributed by atoms with Crippen LogP contribution in [0.5, 0.6) is 0 Å². The fourth-order valence-corrected chi connectivity index (χ4v) is 3.71. The molecule has 1 aliphatic rings. The van der Waals surface area contributed by atoms with Crippen molar-refractivity contribution in [1.29, 1.82) is 0 Å². The van der Waals surface area contributed by atoms with Crippen molar-refractivity contribution in [2.45, 2.75) is 53.0 Å². The molecule has 2 atom stereocenters. The summed E-state index contributed by atoms with van der Waals surface area (Å²) >= 11 is 0. The van der Waals surface area contributed by atoms with Crippen LogP contribution in [0.3, 0.4) is 0 Å². The molecule has 18 heavy (non-hydrogen) atoms. The van der Waals surface area contributed by atoms with E-state index in [4.69, 9.17) is 5.73 Å². The monoisotopic (exact) mass is 255 g/mol. The van der Waals surface area contributed by atoms with Gasteiger partial charge < -0.3 is 16.0 Å². The number of rotatable bonds is 7. The Morgan fingerprint density at radius 2 is 1.89 bits per heavy atom. The first-order valence-corrected chi connectivity index (χ1v) is 7.56. The minimum atomic E-state index is 0.163. The van der Waals surface area contributed by atoms with Crippen LogP contribution in [0.1, 0.15) is 47.5 Å². The Labute approximate surface area is 113 Å². The summed E-state index contributed by atoms with van der Waals surface area (Å²) in [7, 11) is 0. The first kappa shape index (κ1) is 15.9. The zero-order valence-corrected chi connectivity index (χ0v) is 13.1. The second-order valence-electron chi connectivity index (χ2n) is 6.76.